The van der Waals surface area contributed by atoms with E-state index in [9.17, 15) is 13.7 Å². The van der Waals surface area contributed by atoms with Crippen molar-refractivity contribution in [1.82, 2.24) is 9.13 Å². The smallest absolute Gasteiger partial charge is 0.252 e. The fourth-order valence-electron chi connectivity index (χ4n) is 20.7. The van der Waals surface area contributed by atoms with Crippen LogP contribution in [0, 0.1) is 37.9 Å². The Morgan fingerprint density at radius 2 is 0.485 bits per heavy atom. The lowest BCUT2D eigenvalue weighted by molar-refractivity contribution is 0.410. The first kappa shape index (κ1) is 82.6. The van der Waals surface area contributed by atoms with Crippen LogP contribution in [0.5, 0.6) is 0 Å². The van der Waals surface area contributed by atoms with Crippen molar-refractivity contribution in [3.05, 3.63) is 304 Å². The molecule has 13 aromatic carbocycles. The van der Waals surface area contributed by atoms with Crippen LogP contribution in [0.1, 0.15) is 303 Å². The molecule has 134 heavy (non-hydrogen) atoms. The molecule has 4 heterocycles. The molecule has 0 atom stereocenters. The van der Waals surface area contributed by atoms with E-state index in [0.29, 0.717) is 52.0 Å². The van der Waals surface area contributed by atoms with Gasteiger partial charge in [-0.2, -0.15) is 0 Å². The molecule has 15 aromatic rings. The van der Waals surface area contributed by atoms with Crippen molar-refractivity contribution in [1.29, 1.82) is 0 Å². The van der Waals surface area contributed by atoms with Crippen LogP contribution in [0.25, 0.3) is 99.5 Å². The Morgan fingerprint density at radius 3 is 0.724 bits per heavy atom. The second-order valence-electron chi connectivity index (χ2n) is 50.9. The summed E-state index contributed by atoms with van der Waals surface area (Å²) in [4.78, 5) is 4.91. The predicted octanol–water partition coefficient (Wildman–Crippen LogP) is 34.9. The first-order chi connectivity index (χ1) is 66.1. The number of hydrogen-bond acceptors (Lipinski definition) is 2. The molecule has 17 rings (SSSR count). The molecule has 2 aliphatic heterocycles. The van der Waals surface area contributed by atoms with E-state index in [1.54, 1.807) is 0 Å². The first-order valence-corrected chi connectivity index (χ1v) is 49.1. The predicted molar refractivity (Wildman–Crippen MR) is 588 cm³/mol. The lowest BCUT2D eigenvalue weighted by atomic mass is 9.33. The first-order valence-electron chi connectivity index (χ1n) is 54.1. The molecule has 692 valence electrons. The number of nitrogens with zero attached hydrogens (tertiary/aromatic N) is 4. The van der Waals surface area contributed by atoms with Gasteiger partial charge in [-0.3, -0.25) is 0 Å². The SMILES string of the molecule is [2H]C([2H])(c1cccc(-c2cc(CC(C)(C)C)cc(-c3cccc(C([2H])([2H])C(C)(C)C)c3)c2N2c3cc(-n4c5ccc(C(C)(C)C)cc5c5cc(C(C)(C)C)ccc54)ccc3B3c4ccc(-n5c6ccc(C(C)(C)C)cc6c6cc(C(C)(C)C)ccc65)cc4N(c4c(-c5cccc(C([2H])([2H])C(C)(C)C)c5)cc(CC(C)(C)C)cc4-c4cccc(C([2H])([2H])C(C)(C)C)c4)c4cc(C([2H])([2H])C(C)(C)C)cc2c43)c1)C(C)(C)C. The van der Waals surface area contributed by atoms with E-state index in [0.717, 1.165) is 150 Å². The fourth-order valence-corrected chi connectivity index (χ4v) is 20.7. The largest absolute Gasteiger partial charge is 0.310 e. The van der Waals surface area contributed by atoms with Crippen LogP contribution in [-0.2, 0) is 66.4 Å². The Labute approximate surface area is 821 Å². The van der Waals surface area contributed by atoms with Gasteiger partial charge in [0.1, 0.15) is 0 Å². The van der Waals surface area contributed by atoms with Crippen molar-refractivity contribution < 1.29 is 13.7 Å². The summed E-state index contributed by atoms with van der Waals surface area (Å²) in [5, 5.41) is 4.50. The number of benzene rings is 13. The number of fused-ring (bicyclic) bond motifs is 10. The van der Waals surface area contributed by atoms with E-state index in [4.69, 9.17) is 0 Å². The Bertz CT molecular complexity index is 6880. The molecule has 0 saturated heterocycles. The highest BCUT2D eigenvalue weighted by atomic mass is 15.2. The van der Waals surface area contributed by atoms with Crippen molar-refractivity contribution in [2.75, 3.05) is 9.80 Å². The van der Waals surface area contributed by atoms with Crippen LogP contribution in [-0.4, -0.2) is 15.8 Å². The van der Waals surface area contributed by atoms with Gasteiger partial charge in [0.25, 0.3) is 6.71 Å². The summed E-state index contributed by atoms with van der Waals surface area (Å²) < 4.78 is 110. The Kier molecular flexibility index (Phi) is 20.7. The molecule has 0 radical (unpaired) electrons. The maximum atomic E-state index is 11.4. The van der Waals surface area contributed by atoms with Gasteiger partial charge in [-0.05, 0) is 313 Å². The Morgan fingerprint density at radius 1 is 0.231 bits per heavy atom. The van der Waals surface area contributed by atoms with E-state index in [2.05, 4.69) is 338 Å². The maximum Gasteiger partial charge on any atom is 0.252 e. The van der Waals surface area contributed by atoms with Gasteiger partial charge in [-0.25, -0.2) is 0 Å². The van der Waals surface area contributed by atoms with E-state index < -0.39 is 65.7 Å². The van der Waals surface area contributed by atoms with Crippen LogP contribution in [0.3, 0.4) is 0 Å². The minimum Gasteiger partial charge on any atom is -0.310 e. The third kappa shape index (κ3) is 19.7. The Hall–Kier alpha value is -10.9. The molecule has 4 nitrogen and oxygen atoms in total. The van der Waals surface area contributed by atoms with Gasteiger partial charge < -0.3 is 18.9 Å². The number of anilines is 6. The molecule has 0 fully saturated rings. The quantitative estimate of drug-likeness (QED) is 0.0951. The molecule has 0 unspecified atom stereocenters. The van der Waals surface area contributed by atoms with Gasteiger partial charge in [0.05, 0.1) is 33.4 Å². The molecule has 2 aliphatic rings. The van der Waals surface area contributed by atoms with Crippen LogP contribution in [0.2, 0.25) is 0 Å². The molecular formula is C129H153BN4. The monoisotopic (exact) mass is 1780 g/mol. The Balaban J connectivity index is 1.15. The highest BCUT2D eigenvalue weighted by molar-refractivity contribution is 7.00. The number of hydrogen-bond donors (Lipinski definition) is 0. The average Bonchev–Trinajstić information content (AvgIpc) is 0.871. The second-order valence-corrected chi connectivity index (χ2v) is 50.9. The van der Waals surface area contributed by atoms with Crippen molar-refractivity contribution in [3.63, 3.8) is 0 Å². The number of rotatable bonds is 15. The van der Waals surface area contributed by atoms with E-state index in [1.165, 1.54) is 22.3 Å². The summed E-state index contributed by atoms with van der Waals surface area (Å²) in [6, 6.07) is 88.2. The number of aromatic nitrogens is 2. The molecule has 0 amide bonds. The van der Waals surface area contributed by atoms with Crippen LogP contribution >= 0.6 is 0 Å². The molecule has 5 heteroatoms. The van der Waals surface area contributed by atoms with Crippen molar-refractivity contribution in [2.24, 2.45) is 37.9 Å². The molecule has 0 N–H and O–H groups in total. The lowest BCUT2D eigenvalue weighted by Gasteiger charge is -2.46. The normalized spacial score (nSPS) is 15.5. The topological polar surface area (TPSA) is 16.3 Å². The molecular weight excluding hydrogens is 1620 g/mol. The van der Waals surface area contributed by atoms with E-state index in [-0.39, 0.29) is 32.5 Å². The molecule has 0 bridgehead atoms. The standard InChI is InChI=1S/C129H153BN4/c1-119(2,3)74-81-38-34-42-88(58-81)98-62-85(78-123(13,14)15)63-99(89-43-35-39-82(59-89)75-120(4,5)6)117(98)133-112-72-96(131-108-54-46-92(126(22,23)24)68-102(108)103-69-93(127(25,26)27)47-55-109(103)131)50-52-106(112)130-107-53-51-97(132-110-56-48-94(128(28,29)30)70-104(110)105-71-95(129(31,32)33)49-57-111(105)132)73-113(107)134(115-67-87(80-125(19,20)21)66-114(133)116(115)130)118-100(90-44-36-40-83(60-90)76-121(7,8)9)64-86(79-124(16,17)18)65-101(118)91-45-37-41-84(61-91)77-122(10,11)12/h34-73H,74-80H2,1-33H3/i74D2,75D2,76D2,77D2,80D2. The van der Waals surface area contributed by atoms with E-state index >= 15 is 0 Å². The summed E-state index contributed by atoms with van der Waals surface area (Å²) in [5.74, 6) is 0. The third-order valence-electron chi connectivity index (χ3n) is 26.1. The summed E-state index contributed by atoms with van der Waals surface area (Å²) in [6.45, 7) is 69.8. The average molecular weight is 1780 g/mol. The maximum absolute atomic E-state index is 11.4. The highest BCUT2D eigenvalue weighted by Gasteiger charge is 2.47. The van der Waals surface area contributed by atoms with Crippen molar-refractivity contribution in [2.45, 2.75) is 295 Å². The van der Waals surface area contributed by atoms with Gasteiger partial charge >= 0.3 is 0 Å². The van der Waals surface area contributed by atoms with Gasteiger partial charge in [0, 0.05) is 91.6 Å². The molecule has 2 aromatic heterocycles. The van der Waals surface area contributed by atoms with Crippen molar-refractivity contribution >= 4 is 101 Å². The zero-order chi connectivity index (χ0) is 106. The molecule has 0 saturated carbocycles. The van der Waals surface area contributed by atoms with Crippen molar-refractivity contribution in [3.8, 4) is 55.9 Å². The zero-order valence-electron chi connectivity index (χ0n) is 96.9. The third-order valence-corrected chi connectivity index (χ3v) is 26.1. The van der Waals surface area contributed by atoms with Crippen LogP contribution < -0.4 is 26.2 Å². The summed E-state index contributed by atoms with van der Waals surface area (Å²) >= 11 is 0. The molecule has 0 spiro atoms. The fraction of sp³-hybridized carbons (Fsp3) is 0.395. The minimum atomic E-state index is -2.15. The minimum absolute atomic E-state index is 0.198. The van der Waals surface area contributed by atoms with Crippen LogP contribution in [0.4, 0.5) is 34.1 Å². The van der Waals surface area contributed by atoms with Gasteiger partial charge in [-0.15, -0.1) is 0 Å². The van der Waals surface area contributed by atoms with Crippen LogP contribution in [0.15, 0.2) is 243 Å². The highest BCUT2D eigenvalue weighted by Crippen LogP contribution is 2.57. The second kappa shape index (κ2) is 33.5. The summed E-state index contributed by atoms with van der Waals surface area (Å²) in [6.07, 6.45) is -8.35. The summed E-state index contributed by atoms with van der Waals surface area (Å²) in [5.41, 5.74) is 22.6. The summed E-state index contributed by atoms with van der Waals surface area (Å²) in [7, 11) is 0. The lowest BCUT2D eigenvalue weighted by Crippen LogP contribution is -2.61. The van der Waals surface area contributed by atoms with Gasteiger partial charge in [0.2, 0.25) is 0 Å². The van der Waals surface area contributed by atoms with E-state index in [1.807, 2.05) is 152 Å². The van der Waals surface area contributed by atoms with Gasteiger partial charge in [-0.1, -0.05) is 362 Å². The zero-order valence-corrected chi connectivity index (χ0v) is 86.9. The van der Waals surface area contributed by atoms with Gasteiger partial charge in [0.15, 0.2) is 0 Å². The molecule has 0 aliphatic carbocycles.